The van der Waals surface area contributed by atoms with Crippen molar-refractivity contribution in [3.8, 4) is 11.5 Å². The van der Waals surface area contributed by atoms with Gasteiger partial charge < -0.3 is 30.3 Å². The molecule has 0 saturated heterocycles. The first kappa shape index (κ1) is 29.5. The van der Waals surface area contributed by atoms with Crippen molar-refractivity contribution in [2.24, 2.45) is 5.92 Å². The average molecular weight is 569 g/mol. The Morgan fingerprint density at radius 2 is 1.62 bits per heavy atom. The molecule has 5 rings (SSSR count). The lowest BCUT2D eigenvalue weighted by atomic mass is 9.86. The van der Waals surface area contributed by atoms with Crippen molar-refractivity contribution in [3.05, 3.63) is 77.9 Å². The van der Waals surface area contributed by atoms with E-state index >= 15 is 0 Å². The van der Waals surface area contributed by atoms with Crippen molar-refractivity contribution < 1.29 is 9.47 Å². The molecule has 0 atom stereocenters. The zero-order valence-corrected chi connectivity index (χ0v) is 25.3. The number of aromatic nitrogens is 2. The number of hydrogen-bond acceptors (Lipinski definition) is 8. The Kier molecular flexibility index (Phi) is 9.98. The second-order valence-corrected chi connectivity index (χ2v) is 11.3. The minimum atomic E-state index is 0.411. The number of fused-ring (bicyclic) bond motifs is 1. The van der Waals surface area contributed by atoms with E-state index in [0.29, 0.717) is 12.0 Å². The smallest absolute Gasteiger partial charge is 0.225 e. The Bertz CT molecular complexity index is 1450. The molecule has 1 heterocycles. The van der Waals surface area contributed by atoms with Crippen LogP contribution in [0.5, 0.6) is 11.5 Å². The van der Waals surface area contributed by atoms with Crippen molar-refractivity contribution in [1.82, 2.24) is 15.3 Å². The standard InChI is InChI=1S/C34H44N6O2/c1-40(2)33-29-11-7-8-12-30(29)38-34(39-33)37-27-15-13-24(14-16-27)22-35-23-26-10-6-5-9-25(26)19-20-36-31-21-28(41-3)17-18-32(31)42-4/h5-12,17-18,21,24,27,35-36H,13-16,19-20,22-23H2,1-4H3,(H,37,38,39)/t24-,27+. The van der Waals surface area contributed by atoms with Crippen LogP contribution < -0.4 is 30.3 Å². The lowest BCUT2D eigenvalue weighted by Crippen LogP contribution is -2.31. The van der Waals surface area contributed by atoms with Gasteiger partial charge in [-0.2, -0.15) is 4.98 Å². The lowest BCUT2D eigenvalue weighted by molar-refractivity contribution is 0.323. The molecule has 222 valence electrons. The summed E-state index contributed by atoms with van der Waals surface area (Å²) in [7, 11) is 7.44. The molecule has 1 aliphatic rings. The Morgan fingerprint density at radius 3 is 2.38 bits per heavy atom. The molecule has 1 aliphatic carbocycles. The highest BCUT2D eigenvalue weighted by atomic mass is 16.5. The number of benzene rings is 3. The van der Waals surface area contributed by atoms with E-state index in [0.717, 1.165) is 78.8 Å². The zero-order chi connectivity index (χ0) is 29.3. The second kappa shape index (κ2) is 14.2. The molecule has 1 fully saturated rings. The van der Waals surface area contributed by atoms with Gasteiger partial charge in [0.1, 0.15) is 17.3 Å². The van der Waals surface area contributed by atoms with Crippen LogP contribution in [0.15, 0.2) is 66.7 Å². The van der Waals surface area contributed by atoms with Gasteiger partial charge in [-0.15, -0.1) is 0 Å². The first-order valence-electron chi connectivity index (χ1n) is 15.0. The molecule has 1 aromatic heterocycles. The number of para-hydroxylation sites is 1. The van der Waals surface area contributed by atoms with Gasteiger partial charge in [0.15, 0.2) is 0 Å². The Balaban J connectivity index is 1.08. The third-order valence-electron chi connectivity index (χ3n) is 8.17. The maximum Gasteiger partial charge on any atom is 0.225 e. The van der Waals surface area contributed by atoms with Crippen LogP contribution in [-0.2, 0) is 13.0 Å². The van der Waals surface area contributed by atoms with Crippen LogP contribution in [0.1, 0.15) is 36.8 Å². The summed E-state index contributed by atoms with van der Waals surface area (Å²) in [6.07, 6.45) is 5.60. The van der Waals surface area contributed by atoms with Crippen molar-refractivity contribution in [2.45, 2.75) is 44.7 Å². The first-order valence-corrected chi connectivity index (χ1v) is 15.0. The highest BCUT2D eigenvalue weighted by Crippen LogP contribution is 2.30. The largest absolute Gasteiger partial charge is 0.497 e. The van der Waals surface area contributed by atoms with E-state index in [1.807, 2.05) is 44.4 Å². The third kappa shape index (κ3) is 7.42. The molecule has 0 aliphatic heterocycles. The molecule has 0 bridgehead atoms. The highest BCUT2D eigenvalue weighted by molar-refractivity contribution is 5.90. The van der Waals surface area contributed by atoms with Crippen molar-refractivity contribution in [3.63, 3.8) is 0 Å². The van der Waals surface area contributed by atoms with Crippen molar-refractivity contribution >= 4 is 28.4 Å². The van der Waals surface area contributed by atoms with E-state index in [2.05, 4.69) is 57.2 Å². The summed E-state index contributed by atoms with van der Waals surface area (Å²) in [6, 6.07) is 23.2. The molecule has 42 heavy (non-hydrogen) atoms. The quantitative estimate of drug-likeness (QED) is 0.178. The normalized spacial score (nSPS) is 16.7. The van der Waals surface area contributed by atoms with Gasteiger partial charge >= 0.3 is 0 Å². The molecular formula is C34H44N6O2. The lowest BCUT2D eigenvalue weighted by Gasteiger charge is -2.29. The molecular weight excluding hydrogens is 524 g/mol. The van der Waals surface area contributed by atoms with Gasteiger partial charge in [0.25, 0.3) is 0 Å². The van der Waals surface area contributed by atoms with Crippen LogP contribution in [0, 0.1) is 5.92 Å². The minimum absolute atomic E-state index is 0.411. The summed E-state index contributed by atoms with van der Waals surface area (Å²) in [5, 5.41) is 12.0. The number of methoxy groups -OCH3 is 2. The van der Waals surface area contributed by atoms with Gasteiger partial charge in [0.2, 0.25) is 5.95 Å². The van der Waals surface area contributed by atoms with E-state index in [1.54, 1.807) is 14.2 Å². The summed E-state index contributed by atoms with van der Waals surface area (Å²) >= 11 is 0. The molecule has 0 amide bonds. The van der Waals surface area contributed by atoms with Gasteiger partial charge in [-0.05, 0) is 80.0 Å². The van der Waals surface area contributed by atoms with Gasteiger partial charge in [-0.25, -0.2) is 4.98 Å². The highest BCUT2D eigenvalue weighted by Gasteiger charge is 2.22. The number of hydrogen-bond donors (Lipinski definition) is 3. The molecule has 0 radical (unpaired) electrons. The summed E-state index contributed by atoms with van der Waals surface area (Å²) in [4.78, 5) is 11.7. The van der Waals surface area contributed by atoms with Crippen LogP contribution in [0.3, 0.4) is 0 Å². The van der Waals surface area contributed by atoms with Crippen LogP contribution in [0.4, 0.5) is 17.5 Å². The fraction of sp³-hybridized carbons (Fsp3) is 0.412. The van der Waals surface area contributed by atoms with Gasteiger partial charge in [0, 0.05) is 44.7 Å². The predicted octanol–water partition coefficient (Wildman–Crippen LogP) is 6.13. The van der Waals surface area contributed by atoms with Crippen LogP contribution in [-0.4, -0.2) is 57.4 Å². The fourth-order valence-corrected chi connectivity index (χ4v) is 5.83. The fourth-order valence-electron chi connectivity index (χ4n) is 5.83. The number of rotatable bonds is 13. The Morgan fingerprint density at radius 1 is 0.857 bits per heavy atom. The van der Waals surface area contributed by atoms with E-state index in [-0.39, 0.29) is 0 Å². The molecule has 8 nitrogen and oxygen atoms in total. The molecule has 4 aromatic rings. The van der Waals surface area contributed by atoms with Crippen LogP contribution in [0.2, 0.25) is 0 Å². The maximum atomic E-state index is 5.51. The number of anilines is 3. The van der Waals surface area contributed by atoms with Gasteiger partial charge in [-0.3, -0.25) is 0 Å². The monoisotopic (exact) mass is 568 g/mol. The maximum absolute atomic E-state index is 5.51. The van der Waals surface area contributed by atoms with E-state index < -0.39 is 0 Å². The zero-order valence-electron chi connectivity index (χ0n) is 25.3. The molecule has 1 saturated carbocycles. The van der Waals surface area contributed by atoms with E-state index in [4.69, 9.17) is 19.4 Å². The Hall–Kier alpha value is -4.04. The number of nitrogens with one attached hydrogen (secondary N) is 3. The molecule has 0 unspecified atom stereocenters. The molecule has 8 heteroatoms. The number of nitrogens with zero attached hydrogens (tertiary/aromatic N) is 3. The topological polar surface area (TPSA) is 83.6 Å². The molecule has 3 aromatic carbocycles. The minimum Gasteiger partial charge on any atom is -0.497 e. The van der Waals surface area contributed by atoms with Crippen LogP contribution in [0.25, 0.3) is 10.9 Å². The predicted molar refractivity (Wildman–Crippen MR) is 173 cm³/mol. The second-order valence-electron chi connectivity index (χ2n) is 11.3. The van der Waals surface area contributed by atoms with Gasteiger partial charge in [-0.1, -0.05) is 36.4 Å². The summed E-state index contributed by atoms with van der Waals surface area (Å²) < 4.78 is 10.9. The SMILES string of the molecule is COc1ccc(OC)c(NCCc2ccccc2CNC[C@H]2CC[C@@H](Nc3nc(N(C)C)c4ccccc4n3)CC2)c1. The molecule has 3 N–H and O–H groups in total. The summed E-state index contributed by atoms with van der Waals surface area (Å²) in [6.45, 7) is 2.74. The van der Waals surface area contributed by atoms with Crippen LogP contribution >= 0.6 is 0 Å². The summed E-state index contributed by atoms with van der Waals surface area (Å²) in [5.41, 5.74) is 4.65. The number of ether oxygens (including phenoxy) is 2. The van der Waals surface area contributed by atoms with Crippen molar-refractivity contribution in [1.29, 1.82) is 0 Å². The van der Waals surface area contributed by atoms with E-state index in [1.165, 1.54) is 24.0 Å². The van der Waals surface area contributed by atoms with E-state index in [9.17, 15) is 0 Å². The van der Waals surface area contributed by atoms with Crippen molar-refractivity contribution in [2.75, 3.05) is 56.9 Å². The average Bonchev–Trinajstić information content (AvgIpc) is 3.02. The first-order chi connectivity index (χ1) is 20.5. The Labute approximate surface area is 249 Å². The molecule has 0 spiro atoms. The third-order valence-corrected chi connectivity index (χ3v) is 8.17. The summed E-state index contributed by atoms with van der Waals surface area (Å²) in [5.74, 6) is 4.01. The van der Waals surface area contributed by atoms with Gasteiger partial charge in [0.05, 0.1) is 25.4 Å².